The molecule has 2 aromatic carbocycles. The fourth-order valence-corrected chi connectivity index (χ4v) is 4.67. The molecule has 3 N–H and O–H groups in total. The maximum absolute atomic E-state index is 12.3. The Kier molecular flexibility index (Phi) is 5.15. The maximum atomic E-state index is 12.3. The lowest BCUT2D eigenvalue weighted by Crippen LogP contribution is -2.26. The van der Waals surface area contributed by atoms with Gasteiger partial charge >= 0.3 is 0 Å². The van der Waals surface area contributed by atoms with Gasteiger partial charge in [-0.05, 0) is 68.2 Å². The van der Waals surface area contributed by atoms with Crippen molar-refractivity contribution in [3.8, 4) is 0 Å². The minimum absolute atomic E-state index is 0.108. The van der Waals surface area contributed by atoms with E-state index in [1.165, 1.54) is 12.5 Å². The van der Waals surface area contributed by atoms with Gasteiger partial charge in [-0.15, -0.1) is 4.40 Å². The fraction of sp³-hybridized carbons (Fsp3) is 0.300. The average Bonchev–Trinajstić information content (AvgIpc) is 3.29. The third-order valence-corrected chi connectivity index (χ3v) is 6.38. The van der Waals surface area contributed by atoms with E-state index >= 15 is 0 Å². The number of fused-ring (bicyclic) bond motifs is 1. The molecule has 2 aromatic rings. The van der Waals surface area contributed by atoms with Crippen LogP contribution in [0.15, 0.2) is 57.8 Å². The van der Waals surface area contributed by atoms with Crippen molar-refractivity contribution in [3.05, 3.63) is 59.7 Å². The number of benzene rings is 2. The van der Waals surface area contributed by atoms with E-state index in [9.17, 15) is 13.2 Å². The van der Waals surface area contributed by atoms with Crippen LogP contribution in [0.3, 0.4) is 0 Å². The Balaban J connectivity index is 1.38. The number of amides is 1. The van der Waals surface area contributed by atoms with Crippen molar-refractivity contribution in [1.29, 1.82) is 0 Å². The van der Waals surface area contributed by atoms with E-state index in [-0.39, 0.29) is 16.6 Å². The van der Waals surface area contributed by atoms with Crippen molar-refractivity contribution in [2.75, 3.05) is 25.0 Å². The van der Waals surface area contributed by atoms with E-state index in [1.807, 2.05) is 0 Å². The molecular formula is C20H22N4O3S. The highest BCUT2D eigenvalue weighted by atomic mass is 32.2. The first kappa shape index (κ1) is 18.6. The first-order chi connectivity index (χ1) is 13.5. The molecule has 146 valence electrons. The van der Waals surface area contributed by atoms with E-state index in [0.717, 1.165) is 19.5 Å². The summed E-state index contributed by atoms with van der Waals surface area (Å²) in [4.78, 5) is 12.5. The van der Waals surface area contributed by atoms with Gasteiger partial charge in [0.2, 0.25) is 0 Å². The van der Waals surface area contributed by atoms with Crippen molar-refractivity contribution < 1.29 is 13.2 Å². The maximum Gasteiger partial charge on any atom is 0.285 e. The number of hydrogen-bond donors (Lipinski definition) is 3. The lowest BCUT2D eigenvalue weighted by atomic mass is 10.1. The number of carbonyl (C=O) groups excluding carboxylic acids is 1. The molecule has 28 heavy (non-hydrogen) atoms. The summed E-state index contributed by atoms with van der Waals surface area (Å²) in [7, 11) is -3.66. The molecule has 8 heteroatoms. The van der Waals surface area contributed by atoms with Gasteiger partial charge in [-0.25, -0.2) is 0 Å². The molecule has 2 aliphatic heterocycles. The van der Waals surface area contributed by atoms with Crippen LogP contribution >= 0.6 is 0 Å². The summed E-state index contributed by atoms with van der Waals surface area (Å²) in [6.45, 7) is 2.75. The Morgan fingerprint density at radius 2 is 1.93 bits per heavy atom. The van der Waals surface area contributed by atoms with Crippen molar-refractivity contribution in [2.24, 2.45) is 10.3 Å². The molecule has 0 bridgehead atoms. The van der Waals surface area contributed by atoms with Crippen LogP contribution in [0.25, 0.3) is 0 Å². The van der Waals surface area contributed by atoms with Gasteiger partial charge in [-0.3, -0.25) is 4.79 Å². The molecule has 7 nitrogen and oxygen atoms in total. The Bertz CT molecular complexity index is 1010. The molecular weight excluding hydrogens is 376 g/mol. The molecule has 0 radical (unpaired) electrons. The summed E-state index contributed by atoms with van der Waals surface area (Å²) in [5.41, 5.74) is 1.78. The number of nitrogens with one attached hydrogen (secondary N) is 3. The number of rotatable bonds is 5. The van der Waals surface area contributed by atoms with Crippen LogP contribution in [-0.2, 0) is 10.0 Å². The van der Waals surface area contributed by atoms with Gasteiger partial charge in [0.05, 0.1) is 0 Å². The molecule has 1 atom stereocenters. The van der Waals surface area contributed by atoms with Crippen molar-refractivity contribution in [2.45, 2.75) is 17.7 Å². The summed E-state index contributed by atoms with van der Waals surface area (Å²) >= 11 is 0. The third kappa shape index (κ3) is 3.93. The zero-order chi connectivity index (χ0) is 19.6. The number of hydrogen-bond acceptors (Lipinski definition) is 5. The van der Waals surface area contributed by atoms with Gasteiger partial charge in [-0.1, -0.05) is 12.1 Å². The lowest BCUT2D eigenvalue weighted by molar-refractivity contribution is 0.0951. The number of carbonyl (C=O) groups is 1. The topological polar surface area (TPSA) is 99.7 Å². The first-order valence-electron chi connectivity index (χ1n) is 9.33. The highest BCUT2D eigenvalue weighted by Gasteiger charge is 2.28. The van der Waals surface area contributed by atoms with Gasteiger partial charge in [0.25, 0.3) is 15.9 Å². The molecule has 4 rings (SSSR count). The minimum Gasteiger partial charge on any atom is -0.352 e. The van der Waals surface area contributed by atoms with E-state index in [4.69, 9.17) is 0 Å². The van der Waals surface area contributed by atoms with E-state index in [2.05, 4.69) is 20.3 Å². The highest BCUT2D eigenvalue weighted by molar-refractivity contribution is 7.90. The predicted octanol–water partition coefficient (Wildman–Crippen LogP) is 1.98. The number of sulfonamides is 1. The normalized spacial score (nSPS) is 19.7. The zero-order valence-electron chi connectivity index (χ0n) is 15.3. The van der Waals surface area contributed by atoms with Gasteiger partial charge in [0.15, 0.2) is 5.84 Å². The second-order valence-electron chi connectivity index (χ2n) is 7.02. The molecule has 0 spiro atoms. The molecule has 2 aliphatic rings. The average molecular weight is 398 g/mol. The SMILES string of the molecule is O=C(NCCC1CCNC1)c1ccc(NC2=NS(=O)(=O)c3ccccc32)cc1. The smallest absolute Gasteiger partial charge is 0.285 e. The Hall–Kier alpha value is -2.71. The minimum atomic E-state index is -3.66. The Labute approximate surface area is 164 Å². The van der Waals surface area contributed by atoms with Crippen molar-refractivity contribution >= 4 is 27.5 Å². The lowest BCUT2D eigenvalue weighted by Gasteiger charge is -2.10. The number of anilines is 1. The van der Waals surface area contributed by atoms with Gasteiger partial charge in [-0.2, -0.15) is 8.42 Å². The first-order valence-corrected chi connectivity index (χ1v) is 10.8. The van der Waals surface area contributed by atoms with Crippen LogP contribution in [0.5, 0.6) is 0 Å². The van der Waals surface area contributed by atoms with Crippen molar-refractivity contribution in [3.63, 3.8) is 0 Å². The zero-order valence-corrected chi connectivity index (χ0v) is 16.1. The molecule has 1 saturated heterocycles. The summed E-state index contributed by atoms with van der Waals surface area (Å²) in [5.74, 6) is 0.819. The summed E-state index contributed by atoms with van der Waals surface area (Å²) in [6, 6.07) is 13.6. The van der Waals surface area contributed by atoms with Gasteiger partial charge in [0.1, 0.15) is 4.90 Å². The van der Waals surface area contributed by atoms with E-state index < -0.39 is 10.0 Å². The molecule has 1 fully saturated rings. The van der Waals surface area contributed by atoms with Crippen LogP contribution in [-0.4, -0.2) is 39.8 Å². The fourth-order valence-electron chi connectivity index (χ4n) is 3.49. The van der Waals surface area contributed by atoms with Gasteiger partial charge < -0.3 is 16.0 Å². The molecule has 1 amide bonds. The standard InChI is InChI=1S/C20H22N4O3S/c25-20(22-12-10-14-9-11-21-13-14)15-5-7-16(8-6-15)23-19-17-3-1-2-4-18(17)28(26,27)24-19/h1-8,14,21H,9-13H2,(H,22,25)(H,23,24). The molecule has 0 aliphatic carbocycles. The summed E-state index contributed by atoms with van der Waals surface area (Å²) < 4.78 is 28.0. The molecule has 0 aromatic heterocycles. The van der Waals surface area contributed by atoms with Crippen LogP contribution < -0.4 is 16.0 Å². The summed E-state index contributed by atoms with van der Waals surface area (Å²) in [6.07, 6.45) is 2.14. The second kappa shape index (κ2) is 7.73. The molecule has 2 heterocycles. The van der Waals surface area contributed by atoms with Crippen LogP contribution in [0.2, 0.25) is 0 Å². The van der Waals surface area contributed by atoms with Crippen LogP contribution in [0, 0.1) is 5.92 Å². The highest BCUT2D eigenvalue weighted by Crippen LogP contribution is 2.26. The van der Waals surface area contributed by atoms with Crippen LogP contribution in [0.4, 0.5) is 5.69 Å². The third-order valence-electron chi connectivity index (χ3n) is 5.04. The Morgan fingerprint density at radius 1 is 1.14 bits per heavy atom. The van der Waals surface area contributed by atoms with Gasteiger partial charge in [0, 0.05) is 23.4 Å². The monoisotopic (exact) mass is 398 g/mol. The quantitative estimate of drug-likeness (QED) is 0.715. The summed E-state index contributed by atoms with van der Waals surface area (Å²) in [5, 5.41) is 9.31. The molecule has 1 unspecified atom stereocenters. The number of amidine groups is 1. The largest absolute Gasteiger partial charge is 0.352 e. The van der Waals surface area contributed by atoms with E-state index in [1.54, 1.807) is 42.5 Å². The number of nitrogens with zero attached hydrogens (tertiary/aromatic N) is 1. The predicted molar refractivity (Wildman–Crippen MR) is 108 cm³/mol. The second-order valence-corrected chi connectivity index (χ2v) is 8.59. The van der Waals surface area contributed by atoms with E-state index in [0.29, 0.717) is 29.3 Å². The molecule has 0 saturated carbocycles. The Morgan fingerprint density at radius 3 is 2.68 bits per heavy atom. The van der Waals surface area contributed by atoms with Crippen molar-refractivity contribution in [1.82, 2.24) is 10.6 Å². The van der Waals surface area contributed by atoms with Crippen LogP contribution in [0.1, 0.15) is 28.8 Å².